The van der Waals surface area contributed by atoms with Crippen LogP contribution in [0.4, 0.5) is 6.01 Å². The van der Waals surface area contributed by atoms with Crippen molar-refractivity contribution in [2.45, 2.75) is 6.42 Å². The third-order valence-corrected chi connectivity index (χ3v) is 2.38. The third kappa shape index (κ3) is 1.48. The van der Waals surface area contributed by atoms with Crippen molar-refractivity contribution in [3.05, 3.63) is 34.3 Å². The highest BCUT2D eigenvalue weighted by atomic mass is 32.1. The van der Waals surface area contributed by atoms with E-state index in [1.165, 1.54) is 4.88 Å². The average Bonchev–Trinajstić information content (AvgIpc) is 2.63. The summed E-state index contributed by atoms with van der Waals surface area (Å²) in [6, 6.07) is 4.32. The molecule has 0 spiro atoms. The number of anilines is 1. The van der Waals surface area contributed by atoms with E-state index < -0.39 is 0 Å². The summed E-state index contributed by atoms with van der Waals surface area (Å²) in [4.78, 5) is 5.27. The van der Waals surface area contributed by atoms with Crippen LogP contribution in [0.3, 0.4) is 0 Å². The van der Waals surface area contributed by atoms with Gasteiger partial charge in [0.1, 0.15) is 6.26 Å². The lowest BCUT2D eigenvalue weighted by atomic mass is 10.3. The van der Waals surface area contributed by atoms with Crippen molar-refractivity contribution in [1.29, 1.82) is 0 Å². The highest BCUT2D eigenvalue weighted by molar-refractivity contribution is 7.09. The van der Waals surface area contributed by atoms with E-state index in [2.05, 4.69) is 11.1 Å². The van der Waals surface area contributed by atoms with Crippen molar-refractivity contribution < 1.29 is 4.42 Å². The van der Waals surface area contributed by atoms with Crippen molar-refractivity contribution in [2.75, 3.05) is 5.73 Å². The summed E-state index contributed by atoms with van der Waals surface area (Å²) in [6.07, 6.45) is 2.40. The minimum Gasteiger partial charge on any atom is -0.432 e. The number of thiophene rings is 1. The molecule has 62 valence electrons. The van der Waals surface area contributed by atoms with Crippen LogP contribution in [-0.2, 0) is 6.42 Å². The Kier molecular flexibility index (Phi) is 1.83. The summed E-state index contributed by atoms with van der Waals surface area (Å²) in [5.74, 6) is 0. The average molecular weight is 180 g/mol. The number of nitrogen functional groups attached to an aromatic ring is 1. The molecular formula is C8H8N2OS. The van der Waals surface area contributed by atoms with E-state index in [1.54, 1.807) is 17.6 Å². The number of hydrogen-bond acceptors (Lipinski definition) is 4. The fourth-order valence-electron chi connectivity index (χ4n) is 0.996. The molecule has 0 unspecified atom stereocenters. The van der Waals surface area contributed by atoms with E-state index in [4.69, 9.17) is 10.2 Å². The number of nitrogens with zero attached hydrogens (tertiary/aromatic N) is 1. The van der Waals surface area contributed by atoms with E-state index in [-0.39, 0.29) is 6.01 Å². The molecule has 0 saturated heterocycles. The Morgan fingerprint density at radius 1 is 1.58 bits per heavy atom. The lowest BCUT2D eigenvalue weighted by Crippen LogP contribution is -1.87. The number of rotatable bonds is 2. The SMILES string of the molecule is Nc1nc(Cc2cccs2)co1. The molecule has 2 heterocycles. The van der Waals surface area contributed by atoms with Crippen LogP contribution in [0.5, 0.6) is 0 Å². The maximum atomic E-state index is 5.33. The Morgan fingerprint density at radius 3 is 3.08 bits per heavy atom. The van der Waals surface area contributed by atoms with Gasteiger partial charge in [0, 0.05) is 11.3 Å². The van der Waals surface area contributed by atoms with Crippen LogP contribution in [0.2, 0.25) is 0 Å². The predicted octanol–water partition coefficient (Wildman–Crippen LogP) is 1.91. The maximum absolute atomic E-state index is 5.33. The van der Waals surface area contributed by atoms with Crippen molar-refractivity contribution in [1.82, 2.24) is 4.98 Å². The Morgan fingerprint density at radius 2 is 2.50 bits per heavy atom. The standard InChI is InChI=1S/C8H8N2OS/c9-8-10-6(5-11-8)4-7-2-1-3-12-7/h1-3,5H,4H2,(H2,9,10). The van der Waals surface area contributed by atoms with Crippen molar-refractivity contribution in [3.63, 3.8) is 0 Å². The number of hydrogen-bond donors (Lipinski definition) is 1. The normalized spacial score (nSPS) is 10.3. The van der Waals surface area contributed by atoms with Crippen molar-refractivity contribution in [3.8, 4) is 0 Å². The van der Waals surface area contributed by atoms with Crippen LogP contribution in [-0.4, -0.2) is 4.98 Å². The van der Waals surface area contributed by atoms with Gasteiger partial charge in [-0.15, -0.1) is 11.3 Å². The third-order valence-electron chi connectivity index (χ3n) is 1.50. The topological polar surface area (TPSA) is 52.0 Å². The van der Waals surface area contributed by atoms with Crippen LogP contribution >= 0.6 is 11.3 Å². The van der Waals surface area contributed by atoms with Gasteiger partial charge in [-0.3, -0.25) is 0 Å². The second-order valence-corrected chi connectivity index (χ2v) is 3.47. The summed E-state index contributed by atoms with van der Waals surface area (Å²) in [5.41, 5.74) is 6.22. The van der Waals surface area contributed by atoms with Gasteiger partial charge in [0.15, 0.2) is 0 Å². The zero-order valence-corrected chi connectivity index (χ0v) is 7.17. The molecule has 0 fully saturated rings. The molecule has 0 radical (unpaired) electrons. The first kappa shape index (κ1) is 7.36. The Balaban J connectivity index is 2.14. The summed E-state index contributed by atoms with van der Waals surface area (Å²) in [7, 11) is 0. The van der Waals surface area contributed by atoms with Crippen LogP contribution in [0.15, 0.2) is 28.2 Å². The van der Waals surface area contributed by atoms with Gasteiger partial charge < -0.3 is 10.2 Å². The van der Waals surface area contributed by atoms with Crippen LogP contribution in [0.1, 0.15) is 10.6 Å². The van der Waals surface area contributed by atoms with Crippen LogP contribution in [0, 0.1) is 0 Å². The zero-order chi connectivity index (χ0) is 8.39. The molecule has 0 aliphatic heterocycles. The van der Waals surface area contributed by atoms with E-state index in [1.807, 2.05) is 11.4 Å². The van der Waals surface area contributed by atoms with Gasteiger partial charge in [-0.05, 0) is 11.4 Å². The molecule has 12 heavy (non-hydrogen) atoms. The molecule has 0 atom stereocenters. The summed E-state index contributed by atoms with van der Waals surface area (Å²) < 4.78 is 4.88. The van der Waals surface area contributed by atoms with Gasteiger partial charge in [0.2, 0.25) is 0 Å². The van der Waals surface area contributed by atoms with Crippen LogP contribution < -0.4 is 5.73 Å². The fourth-order valence-corrected chi connectivity index (χ4v) is 1.72. The molecule has 2 rings (SSSR count). The molecule has 2 aromatic heterocycles. The summed E-state index contributed by atoms with van der Waals surface area (Å²) in [5, 5.41) is 2.04. The first-order chi connectivity index (χ1) is 5.84. The van der Waals surface area contributed by atoms with Gasteiger partial charge >= 0.3 is 0 Å². The molecular weight excluding hydrogens is 172 g/mol. The number of oxazole rings is 1. The first-order valence-electron chi connectivity index (χ1n) is 3.57. The number of nitrogens with two attached hydrogens (primary N) is 1. The fraction of sp³-hybridized carbons (Fsp3) is 0.125. The lowest BCUT2D eigenvalue weighted by molar-refractivity contribution is 0.579. The molecule has 4 heteroatoms. The van der Waals surface area contributed by atoms with Gasteiger partial charge in [-0.2, -0.15) is 4.98 Å². The minimum absolute atomic E-state index is 0.238. The minimum atomic E-state index is 0.238. The van der Waals surface area contributed by atoms with E-state index in [0.29, 0.717) is 0 Å². The quantitative estimate of drug-likeness (QED) is 0.768. The molecule has 2 aromatic rings. The molecule has 3 nitrogen and oxygen atoms in total. The second kappa shape index (κ2) is 2.98. The molecule has 0 amide bonds. The number of aromatic nitrogens is 1. The largest absolute Gasteiger partial charge is 0.432 e. The van der Waals surface area contributed by atoms with Crippen LogP contribution in [0.25, 0.3) is 0 Å². The lowest BCUT2D eigenvalue weighted by Gasteiger charge is -1.88. The summed E-state index contributed by atoms with van der Waals surface area (Å²) >= 11 is 1.70. The maximum Gasteiger partial charge on any atom is 0.292 e. The molecule has 2 N–H and O–H groups in total. The molecule has 0 bridgehead atoms. The monoisotopic (exact) mass is 180 g/mol. The van der Waals surface area contributed by atoms with Crippen molar-refractivity contribution >= 4 is 17.4 Å². The van der Waals surface area contributed by atoms with Crippen molar-refractivity contribution in [2.24, 2.45) is 0 Å². The van der Waals surface area contributed by atoms with Gasteiger partial charge in [0.25, 0.3) is 6.01 Å². The summed E-state index contributed by atoms with van der Waals surface area (Å²) in [6.45, 7) is 0. The molecule has 0 aromatic carbocycles. The zero-order valence-electron chi connectivity index (χ0n) is 6.36. The van der Waals surface area contributed by atoms with E-state index in [0.717, 1.165) is 12.1 Å². The smallest absolute Gasteiger partial charge is 0.292 e. The second-order valence-electron chi connectivity index (χ2n) is 2.43. The van der Waals surface area contributed by atoms with Gasteiger partial charge in [0.05, 0.1) is 5.69 Å². The van der Waals surface area contributed by atoms with Gasteiger partial charge in [-0.25, -0.2) is 0 Å². The molecule has 0 aliphatic rings. The molecule has 0 aliphatic carbocycles. The first-order valence-corrected chi connectivity index (χ1v) is 4.45. The Bertz CT molecular complexity index is 353. The highest BCUT2D eigenvalue weighted by Crippen LogP contribution is 2.14. The van der Waals surface area contributed by atoms with E-state index >= 15 is 0 Å². The Labute approximate surface area is 73.8 Å². The predicted molar refractivity (Wildman–Crippen MR) is 48.0 cm³/mol. The van der Waals surface area contributed by atoms with E-state index in [9.17, 15) is 0 Å². The highest BCUT2D eigenvalue weighted by Gasteiger charge is 2.01. The van der Waals surface area contributed by atoms with Gasteiger partial charge in [-0.1, -0.05) is 6.07 Å². The molecule has 0 saturated carbocycles. The Hall–Kier alpha value is -1.29.